The maximum absolute atomic E-state index is 11.8. The molecule has 0 aliphatic heterocycles. The lowest BCUT2D eigenvalue weighted by atomic mass is 10.3. The molecule has 0 fully saturated rings. The molecule has 1 aromatic carbocycles. The number of hydrogen-bond acceptors (Lipinski definition) is 3. The fourth-order valence-electron chi connectivity index (χ4n) is 2.10. The zero-order chi connectivity index (χ0) is 16.5. The van der Waals surface area contributed by atoms with Crippen LogP contribution in [0.3, 0.4) is 0 Å². The Labute approximate surface area is 140 Å². The van der Waals surface area contributed by atoms with Gasteiger partial charge in [-0.25, -0.2) is 4.79 Å². The minimum atomic E-state index is -0.209. The number of anilines is 1. The predicted molar refractivity (Wildman–Crippen MR) is 95.2 cm³/mol. The maximum Gasteiger partial charge on any atom is 0.319 e. The van der Waals surface area contributed by atoms with Crippen molar-refractivity contribution in [2.75, 3.05) is 18.1 Å². The molecule has 1 heterocycles. The van der Waals surface area contributed by atoms with E-state index in [0.717, 1.165) is 23.4 Å². The summed E-state index contributed by atoms with van der Waals surface area (Å²) in [6.07, 6.45) is 5.45. The summed E-state index contributed by atoms with van der Waals surface area (Å²) >= 11 is 1.66. The van der Waals surface area contributed by atoms with Crippen molar-refractivity contribution >= 4 is 23.5 Å². The summed E-state index contributed by atoms with van der Waals surface area (Å²) < 4.78 is 1.67. The molecule has 1 aromatic heterocycles. The van der Waals surface area contributed by atoms with E-state index in [4.69, 9.17) is 0 Å². The lowest BCUT2D eigenvalue weighted by Crippen LogP contribution is -2.29. The van der Waals surface area contributed by atoms with E-state index in [2.05, 4.69) is 10.6 Å². The van der Waals surface area contributed by atoms with Crippen LogP contribution >= 0.6 is 11.8 Å². The second-order valence-corrected chi connectivity index (χ2v) is 5.93. The van der Waals surface area contributed by atoms with Gasteiger partial charge in [0, 0.05) is 35.9 Å². The van der Waals surface area contributed by atoms with Crippen LogP contribution in [-0.2, 0) is 6.54 Å². The van der Waals surface area contributed by atoms with E-state index in [1.54, 1.807) is 34.7 Å². The Hall–Kier alpha value is -2.21. The molecule has 0 radical (unpaired) electrons. The summed E-state index contributed by atoms with van der Waals surface area (Å²) in [5.74, 6) is 0. The van der Waals surface area contributed by atoms with Crippen molar-refractivity contribution in [1.29, 1.82) is 0 Å². The largest absolute Gasteiger partial charge is 0.338 e. The van der Waals surface area contributed by atoms with E-state index in [1.807, 2.05) is 36.6 Å². The van der Waals surface area contributed by atoms with Crippen LogP contribution in [0.4, 0.5) is 10.5 Å². The first-order valence-corrected chi connectivity index (χ1v) is 8.76. The molecule has 0 aliphatic carbocycles. The quantitative estimate of drug-likeness (QED) is 0.605. The molecule has 6 heteroatoms. The van der Waals surface area contributed by atoms with Gasteiger partial charge in [-0.2, -0.15) is 0 Å². The molecule has 2 amide bonds. The molecule has 122 valence electrons. The lowest BCUT2D eigenvalue weighted by molar-refractivity contribution is 0.252. The molecular formula is C17H21N3O2S. The van der Waals surface area contributed by atoms with E-state index >= 15 is 0 Å². The number of carbonyl (C=O) groups excluding carboxylic acids is 1. The lowest BCUT2D eigenvalue weighted by Gasteiger charge is -2.08. The number of thioether (sulfide) groups is 1. The Balaban J connectivity index is 1.64. The zero-order valence-electron chi connectivity index (χ0n) is 13.1. The fraction of sp³-hybridized carbons (Fsp3) is 0.294. The number of urea groups is 1. The van der Waals surface area contributed by atoms with Crippen LogP contribution in [0.2, 0.25) is 0 Å². The number of rotatable bonds is 7. The standard InChI is InChI=1S/C17H21N3O2S/c1-23-15-9-7-14(8-10-15)19-17(22)18-11-3-5-13-20-12-4-2-6-16(20)21/h2,4,6-10,12H,3,5,11,13H2,1H3,(H2,18,19,22). The number of benzene rings is 1. The Morgan fingerprint density at radius 1 is 1.13 bits per heavy atom. The highest BCUT2D eigenvalue weighted by molar-refractivity contribution is 7.98. The monoisotopic (exact) mass is 331 g/mol. The number of amides is 2. The molecule has 0 atom stereocenters. The van der Waals surface area contributed by atoms with Gasteiger partial charge in [0.15, 0.2) is 0 Å². The molecule has 0 spiro atoms. The van der Waals surface area contributed by atoms with Crippen LogP contribution in [0, 0.1) is 0 Å². The van der Waals surface area contributed by atoms with Crippen LogP contribution in [0.1, 0.15) is 12.8 Å². The number of nitrogens with zero attached hydrogens (tertiary/aromatic N) is 1. The number of aromatic nitrogens is 1. The van der Waals surface area contributed by atoms with E-state index < -0.39 is 0 Å². The third-order valence-corrected chi connectivity index (χ3v) is 4.10. The average Bonchev–Trinajstić information content (AvgIpc) is 2.57. The van der Waals surface area contributed by atoms with Gasteiger partial charge in [0.2, 0.25) is 5.56 Å². The number of nitrogens with one attached hydrogen (secondary N) is 2. The van der Waals surface area contributed by atoms with Gasteiger partial charge >= 0.3 is 6.03 Å². The first-order valence-electron chi connectivity index (χ1n) is 7.53. The number of unbranched alkanes of at least 4 members (excludes halogenated alkanes) is 1. The van der Waals surface area contributed by atoms with Crippen molar-refractivity contribution in [2.45, 2.75) is 24.3 Å². The van der Waals surface area contributed by atoms with E-state index in [1.165, 1.54) is 0 Å². The molecule has 0 bridgehead atoms. The molecule has 0 unspecified atom stereocenters. The molecule has 5 nitrogen and oxygen atoms in total. The van der Waals surface area contributed by atoms with E-state index in [-0.39, 0.29) is 11.6 Å². The van der Waals surface area contributed by atoms with Crippen LogP contribution in [-0.4, -0.2) is 23.4 Å². The normalized spacial score (nSPS) is 10.3. The van der Waals surface area contributed by atoms with Crippen molar-refractivity contribution in [3.05, 3.63) is 59.0 Å². The van der Waals surface area contributed by atoms with Gasteiger partial charge in [0.1, 0.15) is 0 Å². The third-order valence-electron chi connectivity index (χ3n) is 3.36. The Kier molecular flexibility index (Phi) is 6.75. The first kappa shape index (κ1) is 17.1. The highest BCUT2D eigenvalue weighted by Crippen LogP contribution is 2.17. The van der Waals surface area contributed by atoms with Gasteiger partial charge in [-0.3, -0.25) is 4.79 Å². The van der Waals surface area contributed by atoms with E-state index in [0.29, 0.717) is 13.1 Å². The summed E-state index contributed by atoms with van der Waals surface area (Å²) in [6, 6.07) is 12.6. The highest BCUT2D eigenvalue weighted by Gasteiger charge is 2.01. The Bertz CT molecular complexity index is 683. The van der Waals surface area contributed by atoms with Gasteiger partial charge in [-0.05, 0) is 49.4 Å². The van der Waals surface area contributed by atoms with Crippen molar-refractivity contribution in [1.82, 2.24) is 9.88 Å². The minimum Gasteiger partial charge on any atom is -0.338 e. The Morgan fingerprint density at radius 3 is 2.61 bits per heavy atom. The fourth-order valence-corrected chi connectivity index (χ4v) is 2.51. The van der Waals surface area contributed by atoms with Crippen molar-refractivity contribution in [3.63, 3.8) is 0 Å². The SMILES string of the molecule is CSc1ccc(NC(=O)NCCCCn2ccccc2=O)cc1. The van der Waals surface area contributed by atoms with Gasteiger partial charge in [0.05, 0.1) is 0 Å². The van der Waals surface area contributed by atoms with Crippen LogP contribution in [0.15, 0.2) is 58.4 Å². The smallest absolute Gasteiger partial charge is 0.319 e. The molecule has 2 aromatic rings. The maximum atomic E-state index is 11.8. The van der Waals surface area contributed by atoms with Crippen LogP contribution in [0.5, 0.6) is 0 Å². The molecule has 0 saturated heterocycles. The Morgan fingerprint density at radius 2 is 1.91 bits per heavy atom. The average molecular weight is 331 g/mol. The van der Waals surface area contributed by atoms with Crippen molar-refractivity contribution < 1.29 is 4.79 Å². The van der Waals surface area contributed by atoms with Crippen molar-refractivity contribution in [2.24, 2.45) is 0 Å². The van der Waals surface area contributed by atoms with Crippen LogP contribution in [0.25, 0.3) is 0 Å². The second kappa shape index (κ2) is 9.05. The molecule has 23 heavy (non-hydrogen) atoms. The second-order valence-electron chi connectivity index (χ2n) is 5.05. The summed E-state index contributed by atoms with van der Waals surface area (Å²) in [6.45, 7) is 1.25. The number of aryl methyl sites for hydroxylation is 1. The summed E-state index contributed by atoms with van der Waals surface area (Å²) in [7, 11) is 0. The van der Waals surface area contributed by atoms with Gasteiger partial charge in [-0.15, -0.1) is 11.8 Å². The summed E-state index contributed by atoms with van der Waals surface area (Å²) in [5, 5.41) is 5.61. The minimum absolute atomic E-state index is 0.00638. The van der Waals surface area contributed by atoms with E-state index in [9.17, 15) is 9.59 Å². The first-order chi connectivity index (χ1) is 11.2. The van der Waals surface area contributed by atoms with Crippen LogP contribution < -0.4 is 16.2 Å². The zero-order valence-corrected chi connectivity index (χ0v) is 13.9. The van der Waals surface area contributed by atoms with Gasteiger partial charge in [0.25, 0.3) is 0 Å². The number of carbonyl (C=O) groups is 1. The van der Waals surface area contributed by atoms with Crippen molar-refractivity contribution in [3.8, 4) is 0 Å². The molecular weight excluding hydrogens is 310 g/mol. The number of pyridine rings is 1. The number of hydrogen-bond donors (Lipinski definition) is 2. The van der Waals surface area contributed by atoms with Gasteiger partial charge in [-0.1, -0.05) is 6.07 Å². The van der Waals surface area contributed by atoms with Gasteiger partial charge < -0.3 is 15.2 Å². The predicted octanol–water partition coefficient (Wildman–Crippen LogP) is 3.17. The summed E-state index contributed by atoms with van der Waals surface area (Å²) in [5.41, 5.74) is 0.781. The summed E-state index contributed by atoms with van der Waals surface area (Å²) in [4.78, 5) is 24.5. The highest BCUT2D eigenvalue weighted by atomic mass is 32.2. The molecule has 2 rings (SSSR count). The molecule has 2 N–H and O–H groups in total. The molecule has 0 saturated carbocycles. The molecule has 0 aliphatic rings. The topological polar surface area (TPSA) is 63.1 Å². The third kappa shape index (κ3) is 5.83.